The first-order chi connectivity index (χ1) is 19.3. The molecule has 0 fully saturated rings. The monoisotopic (exact) mass is 536 g/mol. The van der Waals surface area contributed by atoms with Gasteiger partial charge in [-0.1, -0.05) is 42.4 Å². The van der Waals surface area contributed by atoms with Gasteiger partial charge < -0.3 is 19.2 Å². The van der Waals surface area contributed by atoms with Gasteiger partial charge in [0.1, 0.15) is 13.2 Å². The molecule has 4 aromatic rings. The number of aliphatic hydroxyl groups is 1. The molecule has 0 amide bonds. The number of oxime groups is 1. The number of para-hydroxylation sites is 1. The minimum atomic E-state index is -1.87. The Kier molecular flexibility index (Phi) is 6.31. The molecule has 2 aliphatic heterocycles. The van der Waals surface area contributed by atoms with E-state index in [-0.39, 0.29) is 18.6 Å². The summed E-state index contributed by atoms with van der Waals surface area (Å²) in [4.78, 5) is 41.1. The molecule has 0 saturated heterocycles. The van der Waals surface area contributed by atoms with Crippen LogP contribution in [0.4, 0.5) is 5.69 Å². The number of ether oxygens (including phenoxy) is 1. The summed E-state index contributed by atoms with van der Waals surface area (Å²) in [7, 11) is 0. The predicted octanol–water partition coefficient (Wildman–Crippen LogP) is 4.74. The molecule has 2 aliphatic rings. The number of carbonyl (C=O) groups excluding carboxylic acids is 1. The van der Waals surface area contributed by atoms with Gasteiger partial charge in [0.2, 0.25) is 0 Å². The molecule has 40 heavy (non-hydrogen) atoms. The average molecular weight is 537 g/mol. The summed E-state index contributed by atoms with van der Waals surface area (Å²) in [5.41, 5.74) is 4.69. The van der Waals surface area contributed by atoms with Crippen LogP contribution in [0, 0.1) is 0 Å². The fraction of sp³-hybridized carbons (Fsp3) is 0.258. The van der Waals surface area contributed by atoms with E-state index in [1.54, 1.807) is 17.6 Å². The van der Waals surface area contributed by atoms with Gasteiger partial charge in [0.15, 0.2) is 5.60 Å². The third kappa shape index (κ3) is 4.19. The van der Waals surface area contributed by atoms with E-state index in [1.165, 1.54) is 0 Å². The molecule has 6 rings (SSSR count). The van der Waals surface area contributed by atoms with Crippen LogP contribution in [0.5, 0.6) is 0 Å². The average Bonchev–Trinajstić information content (AvgIpc) is 3.32. The van der Waals surface area contributed by atoms with Crippen LogP contribution in [0.25, 0.3) is 22.3 Å². The van der Waals surface area contributed by atoms with Gasteiger partial charge in [-0.25, -0.2) is 9.78 Å². The van der Waals surface area contributed by atoms with E-state index in [4.69, 9.17) is 19.6 Å². The lowest BCUT2D eigenvalue weighted by molar-refractivity contribution is -0.172. The second kappa shape index (κ2) is 9.84. The fourth-order valence-corrected chi connectivity index (χ4v) is 5.26. The molecular weight excluding hydrogens is 508 g/mol. The summed E-state index contributed by atoms with van der Waals surface area (Å²) in [6.45, 7) is 5.94. The smallest absolute Gasteiger partial charge is 0.343 e. The summed E-state index contributed by atoms with van der Waals surface area (Å²) in [6, 6.07) is 17.2. The van der Waals surface area contributed by atoms with Gasteiger partial charge in [0.05, 0.1) is 40.4 Å². The third-order valence-corrected chi connectivity index (χ3v) is 7.40. The Morgan fingerprint density at radius 3 is 2.67 bits per heavy atom. The second-order valence-corrected chi connectivity index (χ2v) is 10.2. The zero-order chi connectivity index (χ0) is 28.0. The maximum absolute atomic E-state index is 13.6. The number of aliphatic imine (C=N–C) groups is 1. The maximum Gasteiger partial charge on any atom is 0.343 e. The first-order valence-corrected chi connectivity index (χ1v) is 13.1. The van der Waals surface area contributed by atoms with Crippen molar-refractivity contribution in [2.24, 2.45) is 10.1 Å². The van der Waals surface area contributed by atoms with E-state index < -0.39 is 11.6 Å². The van der Waals surface area contributed by atoms with Gasteiger partial charge >= 0.3 is 5.97 Å². The largest absolute Gasteiger partial charge is 0.458 e. The van der Waals surface area contributed by atoms with Crippen molar-refractivity contribution in [2.75, 3.05) is 0 Å². The van der Waals surface area contributed by atoms with Crippen molar-refractivity contribution in [2.45, 2.75) is 52.6 Å². The highest BCUT2D eigenvalue weighted by atomic mass is 16.6. The van der Waals surface area contributed by atoms with Crippen molar-refractivity contribution in [3.8, 4) is 11.4 Å². The van der Waals surface area contributed by atoms with E-state index in [0.29, 0.717) is 35.7 Å². The first kappa shape index (κ1) is 25.6. The Hall–Kier alpha value is -4.63. The first-order valence-electron chi connectivity index (χ1n) is 13.1. The van der Waals surface area contributed by atoms with Gasteiger partial charge in [-0.05, 0) is 50.1 Å². The van der Waals surface area contributed by atoms with E-state index in [9.17, 15) is 14.7 Å². The Morgan fingerprint density at radius 2 is 1.93 bits per heavy atom. The van der Waals surface area contributed by atoms with Crippen molar-refractivity contribution in [3.63, 3.8) is 0 Å². The van der Waals surface area contributed by atoms with Crippen molar-refractivity contribution >= 4 is 34.5 Å². The van der Waals surface area contributed by atoms with Gasteiger partial charge in [0, 0.05) is 28.3 Å². The lowest BCUT2D eigenvalue weighted by Crippen LogP contribution is -2.44. The zero-order valence-corrected chi connectivity index (χ0v) is 22.5. The van der Waals surface area contributed by atoms with E-state index >= 15 is 0 Å². The van der Waals surface area contributed by atoms with Gasteiger partial charge in [-0.2, -0.15) is 0 Å². The molecule has 9 heteroatoms. The Balaban J connectivity index is 1.43. The number of carbonyl (C=O) groups is 1. The molecule has 0 spiro atoms. The van der Waals surface area contributed by atoms with Crippen LogP contribution < -0.4 is 5.56 Å². The number of aromatic nitrogens is 2. The Labute approximate surface area is 230 Å². The number of hydrogen-bond acceptors (Lipinski definition) is 8. The number of hydrogen-bond donors (Lipinski definition) is 1. The van der Waals surface area contributed by atoms with Gasteiger partial charge in [0.25, 0.3) is 5.56 Å². The number of fused-ring (bicyclic) bond motifs is 5. The molecule has 0 aliphatic carbocycles. The number of esters is 1. The number of nitrogens with zero attached hydrogens (tertiary/aromatic N) is 4. The summed E-state index contributed by atoms with van der Waals surface area (Å²) in [6.07, 6.45) is 1.90. The quantitative estimate of drug-likeness (QED) is 0.190. The molecule has 0 unspecified atom stereocenters. The molecule has 1 N–H and O–H groups in total. The maximum atomic E-state index is 13.6. The predicted molar refractivity (Wildman–Crippen MR) is 152 cm³/mol. The molecule has 202 valence electrons. The molecule has 0 radical (unpaired) electrons. The Bertz CT molecular complexity index is 1780. The molecule has 1 atom stereocenters. The number of pyridine rings is 2. The van der Waals surface area contributed by atoms with Crippen LogP contribution in [0.15, 0.2) is 69.5 Å². The SMILES string of the molecule is CC[C@@]1(O)C(=O)OCc2c1cc1n(c2=O)Cc2c-1nc1ccccc1c2C=Nc1ccc(CON=C(C)C)cc1. The summed E-state index contributed by atoms with van der Waals surface area (Å²) in [5.74, 6) is -0.741. The fourth-order valence-electron chi connectivity index (χ4n) is 5.26. The highest BCUT2D eigenvalue weighted by Crippen LogP contribution is 2.40. The van der Waals surface area contributed by atoms with E-state index in [2.05, 4.69) is 5.16 Å². The minimum absolute atomic E-state index is 0.0913. The van der Waals surface area contributed by atoms with Gasteiger partial charge in [-0.15, -0.1) is 0 Å². The van der Waals surface area contributed by atoms with Crippen molar-refractivity contribution in [1.29, 1.82) is 0 Å². The molecule has 4 heterocycles. The molecular formula is C31H28N4O5. The number of benzene rings is 2. The topological polar surface area (TPSA) is 115 Å². The number of rotatable bonds is 6. The Morgan fingerprint density at radius 1 is 1.15 bits per heavy atom. The second-order valence-electron chi connectivity index (χ2n) is 10.2. The standard InChI is InChI=1S/C31H28N4O5/c1-4-31(38)25-13-27-28-23(15-35(27)29(36)24(25)17-39-30(31)37)22(21-7-5-6-8-26(21)33-28)14-32-20-11-9-19(10-12-20)16-40-34-18(2)3/h5-14,38H,4,15-17H2,1-3H3/t31-/m0/s1. The highest BCUT2D eigenvalue weighted by Gasteiger charge is 2.45. The highest BCUT2D eigenvalue weighted by molar-refractivity contribution is 6.03. The van der Waals surface area contributed by atoms with Crippen LogP contribution in [0.2, 0.25) is 0 Å². The lowest BCUT2D eigenvalue weighted by atomic mass is 9.86. The van der Waals surface area contributed by atoms with E-state index in [0.717, 1.165) is 39.0 Å². The van der Waals surface area contributed by atoms with Gasteiger partial charge in [-0.3, -0.25) is 9.79 Å². The van der Waals surface area contributed by atoms with Crippen LogP contribution in [0.1, 0.15) is 55.0 Å². The van der Waals surface area contributed by atoms with Crippen LogP contribution in [-0.4, -0.2) is 32.6 Å². The molecule has 0 saturated carbocycles. The molecule has 9 nitrogen and oxygen atoms in total. The molecule has 2 aromatic heterocycles. The van der Waals surface area contributed by atoms with Crippen molar-refractivity contribution in [3.05, 3.63) is 92.8 Å². The normalized spacial score (nSPS) is 17.4. The summed E-state index contributed by atoms with van der Waals surface area (Å²) in [5, 5.41) is 16.0. The van der Waals surface area contributed by atoms with Crippen LogP contribution >= 0.6 is 0 Å². The van der Waals surface area contributed by atoms with Crippen molar-refractivity contribution in [1.82, 2.24) is 9.55 Å². The number of cyclic esters (lactones) is 1. The molecule has 0 bridgehead atoms. The van der Waals surface area contributed by atoms with E-state index in [1.807, 2.05) is 68.6 Å². The summed E-state index contributed by atoms with van der Waals surface area (Å²) >= 11 is 0. The van der Waals surface area contributed by atoms with Crippen LogP contribution in [-0.2, 0) is 39.7 Å². The van der Waals surface area contributed by atoms with Crippen molar-refractivity contribution < 1.29 is 19.5 Å². The van der Waals surface area contributed by atoms with Crippen LogP contribution in [0.3, 0.4) is 0 Å². The summed E-state index contributed by atoms with van der Waals surface area (Å²) < 4.78 is 6.83. The molecule has 2 aromatic carbocycles. The zero-order valence-electron chi connectivity index (χ0n) is 22.5. The third-order valence-electron chi connectivity index (χ3n) is 7.40. The lowest BCUT2D eigenvalue weighted by Gasteiger charge is -2.31. The minimum Gasteiger partial charge on any atom is -0.458 e.